The SMILES string of the molecule is c1ccc(-c2ccc(-c3cc(-c4ccc(-c5cccc(-c6ccc7ccc8cccnc8c7n6)c5)cc4)nc(-c4ccccc4)n3)cc2)cc1. The predicted molar refractivity (Wildman–Crippen MR) is 205 cm³/mol. The van der Waals surface area contributed by atoms with Gasteiger partial charge < -0.3 is 0 Å². The van der Waals surface area contributed by atoms with Crippen molar-refractivity contribution in [1.29, 1.82) is 0 Å². The molecule has 0 aliphatic rings. The molecule has 0 saturated heterocycles. The van der Waals surface area contributed by atoms with Crippen molar-refractivity contribution in [1.82, 2.24) is 19.9 Å². The van der Waals surface area contributed by atoms with E-state index >= 15 is 0 Å². The summed E-state index contributed by atoms with van der Waals surface area (Å²) >= 11 is 0. The number of hydrogen-bond acceptors (Lipinski definition) is 4. The van der Waals surface area contributed by atoms with Gasteiger partial charge in [0.2, 0.25) is 0 Å². The molecule has 9 rings (SSSR count). The number of rotatable bonds is 6. The molecule has 0 amide bonds. The molecule has 0 N–H and O–H groups in total. The minimum absolute atomic E-state index is 0.702. The molecule has 0 fully saturated rings. The molecule has 0 unspecified atom stereocenters. The van der Waals surface area contributed by atoms with Crippen molar-refractivity contribution in [3.63, 3.8) is 0 Å². The van der Waals surface area contributed by atoms with Gasteiger partial charge in [0.15, 0.2) is 5.82 Å². The van der Waals surface area contributed by atoms with Gasteiger partial charge >= 0.3 is 0 Å². The van der Waals surface area contributed by atoms with Crippen LogP contribution in [0.4, 0.5) is 0 Å². The Labute approximate surface area is 290 Å². The van der Waals surface area contributed by atoms with Crippen LogP contribution in [0.1, 0.15) is 0 Å². The van der Waals surface area contributed by atoms with Crippen LogP contribution in [-0.4, -0.2) is 19.9 Å². The number of pyridine rings is 2. The van der Waals surface area contributed by atoms with Crippen LogP contribution in [0.15, 0.2) is 182 Å². The van der Waals surface area contributed by atoms with Crippen LogP contribution in [0.3, 0.4) is 0 Å². The number of benzene rings is 6. The van der Waals surface area contributed by atoms with Crippen LogP contribution in [-0.2, 0) is 0 Å². The van der Waals surface area contributed by atoms with Gasteiger partial charge in [-0.3, -0.25) is 4.98 Å². The molecule has 0 saturated carbocycles. The van der Waals surface area contributed by atoms with Crippen molar-refractivity contribution in [3.8, 4) is 67.4 Å². The fourth-order valence-electron chi connectivity index (χ4n) is 6.50. The van der Waals surface area contributed by atoms with E-state index < -0.39 is 0 Å². The number of hydrogen-bond donors (Lipinski definition) is 0. The van der Waals surface area contributed by atoms with Gasteiger partial charge in [0.25, 0.3) is 0 Å². The molecule has 0 atom stereocenters. The van der Waals surface area contributed by atoms with Gasteiger partial charge in [-0.25, -0.2) is 15.0 Å². The molecule has 3 heterocycles. The highest BCUT2D eigenvalue weighted by Crippen LogP contribution is 2.32. The first-order valence-corrected chi connectivity index (χ1v) is 16.7. The molecule has 0 radical (unpaired) electrons. The summed E-state index contributed by atoms with van der Waals surface area (Å²) in [5.41, 5.74) is 13.3. The van der Waals surface area contributed by atoms with Crippen LogP contribution in [0.5, 0.6) is 0 Å². The molecule has 0 bridgehead atoms. The Morgan fingerprint density at radius 2 is 0.800 bits per heavy atom. The summed E-state index contributed by atoms with van der Waals surface area (Å²) in [6, 6.07) is 60.9. The molecule has 0 aliphatic carbocycles. The van der Waals surface area contributed by atoms with E-state index in [9.17, 15) is 0 Å². The molecule has 4 heteroatoms. The topological polar surface area (TPSA) is 51.6 Å². The van der Waals surface area contributed by atoms with Gasteiger partial charge in [-0.1, -0.05) is 152 Å². The lowest BCUT2D eigenvalue weighted by molar-refractivity contribution is 1.18. The second kappa shape index (κ2) is 12.7. The lowest BCUT2D eigenvalue weighted by Gasteiger charge is -2.11. The van der Waals surface area contributed by atoms with Gasteiger partial charge in [0.05, 0.1) is 28.1 Å². The molecule has 234 valence electrons. The summed E-state index contributed by atoms with van der Waals surface area (Å²) in [4.78, 5) is 19.8. The summed E-state index contributed by atoms with van der Waals surface area (Å²) in [6.45, 7) is 0. The third kappa shape index (κ3) is 5.69. The summed E-state index contributed by atoms with van der Waals surface area (Å²) in [5, 5.41) is 2.17. The summed E-state index contributed by atoms with van der Waals surface area (Å²) in [5.74, 6) is 0.702. The van der Waals surface area contributed by atoms with Gasteiger partial charge in [0.1, 0.15) is 0 Å². The quantitative estimate of drug-likeness (QED) is 0.170. The van der Waals surface area contributed by atoms with Crippen molar-refractivity contribution >= 4 is 21.8 Å². The highest BCUT2D eigenvalue weighted by molar-refractivity contribution is 6.03. The smallest absolute Gasteiger partial charge is 0.160 e. The van der Waals surface area contributed by atoms with Crippen LogP contribution in [0.25, 0.3) is 89.2 Å². The second-order valence-electron chi connectivity index (χ2n) is 12.3. The first-order chi connectivity index (χ1) is 24.7. The van der Waals surface area contributed by atoms with Gasteiger partial charge in [-0.2, -0.15) is 0 Å². The third-order valence-corrected chi connectivity index (χ3v) is 9.15. The molecular weight excluding hydrogens is 609 g/mol. The Morgan fingerprint density at radius 3 is 1.48 bits per heavy atom. The second-order valence-corrected chi connectivity index (χ2v) is 12.3. The Morgan fingerprint density at radius 1 is 0.280 bits per heavy atom. The minimum atomic E-state index is 0.702. The Balaban J connectivity index is 1.06. The van der Waals surface area contributed by atoms with E-state index in [1.54, 1.807) is 0 Å². The van der Waals surface area contributed by atoms with Crippen molar-refractivity contribution in [2.45, 2.75) is 0 Å². The maximum absolute atomic E-state index is 5.07. The third-order valence-electron chi connectivity index (χ3n) is 9.15. The lowest BCUT2D eigenvalue weighted by Crippen LogP contribution is -1.96. The molecular formula is C46H30N4. The van der Waals surface area contributed by atoms with Crippen LogP contribution in [0.2, 0.25) is 0 Å². The van der Waals surface area contributed by atoms with E-state index in [0.29, 0.717) is 5.82 Å². The Kier molecular flexibility index (Phi) is 7.45. The molecule has 4 nitrogen and oxygen atoms in total. The van der Waals surface area contributed by atoms with Gasteiger partial charge in [-0.05, 0) is 46.5 Å². The average molecular weight is 639 g/mol. The van der Waals surface area contributed by atoms with Gasteiger partial charge in [-0.15, -0.1) is 0 Å². The standard InChI is InChI=1S/C46H30N4/c1-3-9-31(10-4-1)32-16-20-34(21-17-32)42-30-43(50-46(49-42)38-11-5-2-6-12-38)35-22-18-33(19-23-35)39-13-7-14-40(29-39)41-27-26-37-25-24-36-15-8-28-47-44(36)45(37)48-41/h1-30H. The van der Waals surface area contributed by atoms with Crippen LogP contribution >= 0.6 is 0 Å². The van der Waals surface area contributed by atoms with Crippen LogP contribution in [0, 0.1) is 0 Å². The van der Waals surface area contributed by atoms with E-state index in [0.717, 1.165) is 72.3 Å². The summed E-state index contributed by atoms with van der Waals surface area (Å²) in [6.07, 6.45) is 1.83. The molecule has 0 aliphatic heterocycles. The van der Waals surface area contributed by atoms with Crippen molar-refractivity contribution in [2.75, 3.05) is 0 Å². The van der Waals surface area contributed by atoms with E-state index in [1.165, 1.54) is 11.1 Å². The van der Waals surface area contributed by atoms with E-state index in [-0.39, 0.29) is 0 Å². The summed E-state index contributed by atoms with van der Waals surface area (Å²) < 4.78 is 0. The van der Waals surface area contributed by atoms with Crippen LogP contribution < -0.4 is 0 Å². The van der Waals surface area contributed by atoms with Gasteiger partial charge in [0, 0.05) is 39.2 Å². The predicted octanol–water partition coefficient (Wildman–Crippen LogP) is 11.6. The Bertz CT molecular complexity index is 2620. The zero-order chi connectivity index (χ0) is 33.3. The highest BCUT2D eigenvalue weighted by atomic mass is 14.9. The number of fused-ring (bicyclic) bond motifs is 3. The zero-order valence-corrected chi connectivity index (χ0v) is 27.1. The zero-order valence-electron chi connectivity index (χ0n) is 27.1. The largest absolute Gasteiger partial charge is 0.254 e. The van der Waals surface area contributed by atoms with Crippen molar-refractivity contribution in [2.24, 2.45) is 0 Å². The molecule has 3 aromatic heterocycles. The maximum Gasteiger partial charge on any atom is 0.160 e. The average Bonchev–Trinajstić information content (AvgIpc) is 3.21. The molecule has 9 aromatic rings. The highest BCUT2D eigenvalue weighted by Gasteiger charge is 2.12. The molecule has 50 heavy (non-hydrogen) atoms. The monoisotopic (exact) mass is 638 g/mol. The number of aromatic nitrogens is 4. The van der Waals surface area contributed by atoms with E-state index in [4.69, 9.17) is 15.0 Å². The van der Waals surface area contributed by atoms with E-state index in [2.05, 4.69) is 151 Å². The number of nitrogens with zero attached hydrogens (tertiary/aromatic N) is 4. The fraction of sp³-hybridized carbons (Fsp3) is 0. The normalized spacial score (nSPS) is 11.2. The Hall–Kier alpha value is -6.78. The minimum Gasteiger partial charge on any atom is -0.254 e. The summed E-state index contributed by atoms with van der Waals surface area (Å²) in [7, 11) is 0. The lowest BCUT2D eigenvalue weighted by atomic mass is 9.98. The molecule has 6 aromatic carbocycles. The van der Waals surface area contributed by atoms with E-state index in [1.807, 2.05) is 36.5 Å². The first-order valence-electron chi connectivity index (χ1n) is 16.7. The maximum atomic E-state index is 5.07. The van der Waals surface area contributed by atoms with Crippen molar-refractivity contribution in [3.05, 3.63) is 182 Å². The fourth-order valence-corrected chi connectivity index (χ4v) is 6.50. The van der Waals surface area contributed by atoms with Crippen molar-refractivity contribution < 1.29 is 0 Å². The molecule has 0 spiro atoms. The first kappa shape index (κ1) is 29.4.